The number of fused-ring (bicyclic) bond motifs is 1. The van der Waals surface area contributed by atoms with E-state index in [0.29, 0.717) is 59.0 Å². The van der Waals surface area contributed by atoms with Gasteiger partial charge >= 0.3 is 0 Å². The molecule has 1 saturated heterocycles. The fraction of sp³-hybridized carbons (Fsp3) is 0.185. The van der Waals surface area contributed by atoms with Crippen LogP contribution >= 0.6 is 0 Å². The number of amides is 1. The molecule has 2 aromatic carbocycles. The Morgan fingerprint density at radius 2 is 2.08 bits per heavy atom. The maximum absolute atomic E-state index is 15.1. The van der Waals surface area contributed by atoms with E-state index in [-0.39, 0.29) is 12.0 Å². The fourth-order valence-corrected chi connectivity index (χ4v) is 4.20. The summed E-state index contributed by atoms with van der Waals surface area (Å²) in [5.74, 6) is 0.354. The highest BCUT2D eigenvalue weighted by Crippen LogP contribution is 2.32. The van der Waals surface area contributed by atoms with E-state index in [1.807, 2.05) is 12.1 Å². The molecule has 4 N–H and O–H groups in total. The average molecular weight is 500 g/mol. The number of carbonyl (C=O) groups excluding carboxylic acids is 1. The van der Waals surface area contributed by atoms with Crippen LogP contribution < -0.4 is 21.3 Å². The number of hydrogen-bond acceptors (Lipinski definition) is 8. The molecule has 37 heavy (non-hydrogen) atoms. The van der Waals surface area contributed by atoms with Gasteiger partial charge in [-0.05, 0) is 48.0 Å². The molecular weight excluding hydrogens is 473 g/mol. The minimum Gasteiger partial charge on any atom is -0.373 e. The van der Waals surface area contributed by atoms with Gasteiger partial charge in [0.15, 0.2) is 0 Å². The predicted octanol–water partition coefficient (Wildman–Crippen LogP) is 3.86. The lowest BCUT2D eigenvalue weighted by Crippen LogP contribution is -2.46. The van der Waals surface area contributed by atoms with Crippen LogP contribution in [0.5, 0.6) is 0 Å². The van der Waals surface area contributed by atoms with Crippen LogP contribution in [0.25, 0.3) is 22.0 Å². The smallest absolute Gasteiger partial charge is 0.247 e. The zero-order chi connectivity index (χ0) is 25.8. The van der Waals surface area contributed by atoms with E-state index < -0.39 is 5.82 Å². The van der Waals surface area contributed by atoms with Crippen LogP contribution in [0, 0.1) is 5.82 Å². The van der Waals surface area contributed by atoms with Crippen molar-refractivity contribution in [1.29, 1.82) is 0 Å². The van der Waals surface area contributed by atoms with Gasteiger partial charge in [0.1, 0.15) is 11.6 Å². The second kappa shape index (κ2) is 10.7. The van der Waals surface area contributed by atoms with E-state index in [2.05, 4.69) is 37.1 Å². The summed E-state index contributed by atoms with van der Waals surface area (Å²) < 4.78 is 20.7. The van der Waals surface area contributed by atoms with Crippen LogP contribution in [0.3, 0.4) is 0 Å². The Labute approximate surface area is 213 Å². The third kappa shape index (κ3) is 5.40. The maximum atomic E-state index is 15.1. The molecule has 0 aliphatic carbocycles. The Morgan fingerprint density at radius 3 is 2.86 bits per heavy atom. The van der Waals surface area contributed by atoms with Gasteiger partial charge in [-0.1, -0.05) is 18.7 Å². The number of nitrogens with zero attached hydrogens (tertiary/aromatic N) is 4. The molecule has 4 aromatic rings. The van der Waals surface area contributed by atoms with Crippen molar-refractivity contribution in [3.05, 3.63) is 79.4 Å². The molecule has 0 spiro atoms. The summed E-state index contributed by atoms with van der Waals surface area (Å²) in [6.45, 7) is 5.97. The van der Waals surface area contributed by atoms with Crippen molar-refractivity contribution in [2.24, 2.45) is 5.73 Å². The molecular formula is C27H26FN7O2. The predicted molar refractivity (Wildman–Crippen MR) is 142 cm³/mol. The second-order valence-electron chi connectivity index (χ2n) is 8.53. The highest BCUT2D eigenvalue weighted by Gasteiger charge is 2.20. The van der Waals surface area contributed by atoms with Crippen LogP contribution in [0.2, 0.25) is 0 Å². The topological polar surface area (TPSA) is 118 Å². The molecule has 0 unspecified atom stereocenters. The summed E-state index contributed by atoms with van der Waals surface area (Å²) >= 11 is 0. The van der Waals surface area contributed by atoms with Crippen molar-refractivity contribution in [1.82, 2.24) is 15.0 Å². The number of nitrogens with one attached hydrogen (secondary N) is 2. The molecule has 1 atom stereocenters. The highest BCUT2D eigenvalue weighted by molar-refractivity contribution is 6.00. The monoisotopic (exact) mass is 499 g/mol. The van der Waals surface area contributed by atoms with Gasteiger partial charge in [-0.15, -0.1) is 0 Å². The van der Waals surface area contributed by atoms with Crippen molar-refractivity contribution in [2.45, 2.75) is 6.10 Å². The third-order valence-electron chi connectivity index (χ3n) is 6.04. The Hall–Kier alpha value is -4.41. The van der Waals surface area contributed by atoms with Crippen LogP contribution in [-0.2, 0) is 9.53 Å². The van der Waals surface area contributed by atoms with Crippen molar-refractivity contribution in [3.63, 3.8) is 0 Å². The van der Waals surface area contributed by atoms with Crippen molar-refractivity contribution in [3.8, 4) is 11.1 Å². The first-order valence-corrected chi connectivity index (χ1v) is 11.8. The Balaban J connectivity index is 1.42. The van der Waals surface area contributed by atoms with Gasteiger partial charge in [0.05, 0.1) is 30.1 Å². The molecule has 0 radical (unpaired) electrons. The lowest BCUT2D eigenvalue weighted by atomic mass is 10.0. The van der Waals surface area contributed by atoms with Crippen LogP contribution in [0.4, 0.5) is 27.5 Å². The molecule has 5 rings (SSSR count). The summed E-state index contributed by atoms with van der Waals surface area (Å²) in [4.78, 5) is 27.4. The normalized spacial score (nSPS) is 15.4. The molecule has 188 valence electrons. The Bertz CT molecular complexity index is 1440. The van der Waals surface area contributed by atoms with Gasteiger partial charge < -0.3 is 26.0 Å². The molecule has 0 bridgehead atoms. The summed E-state index contributed by atoms with van der Waals surface area (Å²) in [6, 6.07) is 13.7. The van der Waals surface area contributed by atoms with Crippen molar-refractivity contribution >= 4 is 40.0 Å². The number of anilines is 4. The Morgan fingerprint density at radius 1 is 1.19 bits per heavy atom. The summed E-state index contributed by atoms with van der Waals surface area (Å²) in [5, 5.41) is 6.53. The van der Waals surface area contributed by atoms with Crippen LogP contribution in [-0.4, -0.2) is 53.2 Å². The van der Waals surface area contributed by atoms with Gasteiger partial charge in [-0.2, -0.15) is 0 Å². The van der Waals surface area contributed by atoms with Crippen molar-refractivity contribution < 1.29 is 13.9 Å². The number of hydrogen-bond donors (Lipinski definition) is 3. The number of morpholine rings is 1. The van der Waals surface area contributed by atoms with E-state index in [0.717, 1.165) is 12.4 Å². The first-order chi connectivity index (χ1) is 18.0. The molecule has 1 aliphatic heterocycles. The molecule has 10 heteroatoms. The zero-order valence-corrected chi connectivity index (χ0v) is 20.0. The number of pyridine rings is 1. The quantitative estimate of drug-likeness (QED) is 0.328. The maximum Gasteiger partial charge on any atom is 0.247 e. The number of rotatable bonds is 7. The van der Waals surface area contributed by atoms with E-state index in [1.54, 1.807) is 42.7 Å². The van der Waals surface area contributed by atoms with Gasteiger partial charge in [-0.3, -0.25) is 4.79 Å². The summed E-state index contributed by atoms with van der Waals surface area (Å²) in [5.41, 5.74) is 8.28. The molecule has 9 nitrogen and oxygen atoms in total. The number of carbonyl (C=O) groups is 1. The SMILES string of the molecule is C=CC(=O)Nc1cccc(-c2c(F)ccc3cnc(Nc4ccc(N5CCO[C@@H](CN)C5)nc4)nc23)c1. The van der Waals surface area contributed by atoms with E-state index in [4.69, 9.17) is 10.5 Å². The van der Waals surface area contributed by atoms with E-state index in [9.17, 15) is 4.79 Å². The van der Waals surface area contributed by atoms with E-state index >= 15 is 4.39 Å². The first-order valence-electron chi connectivity index (χ1n) is 11.8. The number of benzene rings is 2. The molecule has 2 aromatic heterocycles. The molecule has 1 amide bonds. The summed E-state index contributed by atoms with van der Waals surface area (Å²) in [7, 11) is 0. The number of ether oxygens (including phenoxy) is 1. The zero-order valence-electron chi connectivity index (χ0n) is 20.0. The van der Waals surface area contributed by atoms with E-state index in [1.165, 1.54) is 12.1 Å². The van der Waals surface area contributed by atoms with Gasteiger partial charge in [0.2, 0.25) is 11.9 Å². The number of nitrogens with two attached hydrogens (primary N) is 1. The third-order valence-corrected chi connectivity index (χ3v) is 6.04. The van der Waals surface area contributed by atoms with Gasteiger partial charge in [0.25, 0.3) is 0 Å². The fourth-order valence-electron chi connectivity index (χ4n) is 4.20. The minimum atomic E-state index is -0.434. The molecule has 1 aliphatic rings. The van der Waals surface area contributed by atoms with Crippen molar-refractivity contribution in [2.75, 3.05) is 41.8 Å². The lowest BCUT2D eigenvalue weighted by Gasteiger charge is -2.33. The standard InChI is InChI=1S/C27H26FN7O2/c1-2-24(36)32-19-5-3-4-17(12-19)25-22(28)8-6-18-14-31-27(34-26(18)25)33-20-7-9-23(30-15-20)35-10-11-37-21(13-29)16-35/h2-9,12,14-15,21H,1,10-11,13,16,29H2,(H,32,36)(H,31,33,34)/t21-/m0/s1. The molecule has 0 saturated carbocycles. The Kier molecular flexibility index (Phi) is 7.02. The molecule has 1 fully saturated rings. The van der Waals surface area contributed by atoms with Crippen LogP contribution in [0.15, 0.2) is 73.6 Å². The average Bonchev–Trinajstić information content (AvgIpc) is 2.93. The summed E-state index contributed by atoms with van der Waals surface area (Å²) in [6.07, 6.45) is 4.51. The minimum absolute atomic E-state index is 0.00658. The number of halogens is 1. The second-order valence-corrected chi connectivity index (χ2v) is 8.53. The molecule has 3 heterocycles. The largest absolute Gasteiger partial charge is 0.373 e. The highest BCUT2D eigenvalue weighted by atomic mass is 19.1. The van der Waals surface area contributed by atoms with Gasteiger partial charge in [-0.25, -0.2) is 19.3 Å². The van der Waals surface area contributed by atoms with Gasteiger partial charge in [0, 0.05) is 42.5 Å². The number of aromatic nitrogens is 3. The van der Waals surface area contributed by atoms with Crippen LogP contribution in [0.1, 0.15) is 0 Å². The first kappa shape index (κ1) is 24.3. The lowest BCUT2D eigenvalue weighted by molar-refractivity contribution is -0.111.